The molecule has 0 radical (unpaired) electrons. The van der Waals surface area contributed by atoms with E-state index >= 15 is 0 Å². The fourth-order valence-electron chi connectivity index (χ4n) is 2.80. The second kappa shape index (κ2) is 8.87. The minimum Gasteiger partial charge on any atom is -0.468 e. The van der Waals surface area contributed by atoms with Crippen LogP contribution in [0.3, 0.4) is 0 Å². The third-order valence-electron chi connectivity index (χ3n) is 4.25. The number of hydrogen-bond acceptors (Lipinski definition) is 6. The predicted molar refractivity (Wildman–Crippen MR) is 106 cm³/mol. The molecule has 0 bridgehead atoms. The van der Waals surface area contributed by atoms with E-state index in [1.807, 2.05) is 0 Å². The summed E-state index contributed by atoms with van der Waals surface area (Å²) in [7, 11) is 1.21. The first-order chi connectivity index (χ1) is 13.9. The Morgan fingerprint density at radius 3 is 2.38 bits per heavy atom. The first-order valence-corrected chi connectivity index (χ1v) is 9.51. The highest BCUT2D eigenvalue weighted by Crippen LogP contribution is 2.34. The molecule has 0 N–H and O–H groups in total. The molecule has 3 amide bonds. The van der Waals surface area contributed by atoms with Crippen LogP contribution in [-0.4, -0.2) is 41.9 Å². The second-order valence-corrected chi connectivity index (χ2v) is 7.27. The Bertz CT molecular complexity index is 936. The molecule has 1 heterocycles. The smallest absolute Gasteiger partial charge is 0.325 e. The largest absolute Gasteiger partial charge is 0.468 e. The standard InChI is InChI=1S/C20H17FN2O5S/c1-28-18(25)12-22(14-5-3-2-4-6-14)17(24)11-16-19(26)23(20(27)29-16)15-9-7-13(21)8-10-15/h2-10,16H,11-12H2,1H3/t16-/m0/s1. The van der Waals surface area contributed by atoms with Crippen LogP contribution in [0.4, 0.5) is 20.6 Å². The topological polar surface area (TPSA) is 84.0 Å². The number of amides is 3. The lowest BCUT2D eigenvalue weighted by molar-refractivity contribution is -0.140. The van der Waals surface area contributed by atoms with Crippen molar-refractivity contribution in [1.82, 2.24) is 0 Å². The molecule has 0 aromatic heterocycles. The summed E-state index contributed by atoms with van der Waals surface area (Å²) in [5, 5.41) is -1.48. The highest BCUT2D eigenvalue weighted by Gasteiger charge is 2.42. The van der Waals surface area contributed by atoms with E-state index < -0.39 is 34.1 Å². The van der Waals surface area contributed by atoms with Crippen LogP contribution in [0.1, 0.15) is 6.42 Å². The summed E-state index contributed by atoms with van der Waals surface area (Å²) in [6, 6.07) is 13.4. The van der Waals surface area contributed by atoms with Crippen molar-refractivity contribution in [3.8, 4) is 0 Å². The zero-order valence-electron chi connectivity index (χ0n) is 15.4. The average Bonchev–Trinajstić information content (AvgIpc) is 3.00. The summed E-state index contributed by atoms with van der Waals surface area (Å²) in [5.74, 6) is -2.17. The summed E-state index contributed by atoms with van der Waals surface area (Å²) >= 11 is 0.726. The van der Waals surface area contributed by atoms with Gasteiger partial charge in [-0.1, -0.05) is 18.2 Å². The SMILES string of the molecule is COC(=O)CN(C(=O)C[C@@H]1SC(=O)N(c2ccc(F)cc2)C1=O)c1ccccc1. The molecule has 0 spiro atoms. The van der Waals surface area contributed by atoms with Crippen molar-refractivity contribution in [2.24, 2.45) is 0 Å². The van der Waals surface area contributed by atoms with Crippen LogP contribution in [0.25, 0.3) is 0 Å². The Kier molecular flexibility index (Phi) is 6.28. The maximum atomic E-state index is 13.1. The third-order valence-corrected chi connectivity index (χ3v) is 5.29. The van der Waals surface area contributed by atoms with Crippen LogP contribution >= 0.6 is 11.8 Å². The molecule has 1 aliphatic heterocycles. The number of thioether (sulfide) groups is 1. The van der Waals surface area contributed by atoms with Crippen LogP contribution < -0.4 is 9.80 Å². The number of methoxy groups -OCH3 is 1. The quantitative estimate of drug-likeness (QED) is 0.673. The van der Waals surface area contributed by atoms with Crippen LogP contribution in [0, 0.1) is 5.82 Å². The van der Waals surface area contributed by atoms with Crippen molar-refractivity contribution >= 4 is 46.2 Å². The number of para-hydroxylation sites is 1. The first kappa shape index (κ1) is 20.5. The van der Waals surface area contributed by atoms with E-state index in [1.54, 1.807) is 30.3 Å². The number of rotatable bonds is 6. The van der Waals surface area contributed by atoms with Gasteiger partial charge in [0.05, 0.1) is 12.8 Å². The normalized spacial score (nSPS) is 16.1. The Labute approximate surface area is 170 Å². The lowest BCUT2D eigenvalue weighted by atomic mass is 10.2. The van der Waals surface area contributed by atoms with Gasteiger partial charge >= 0.3 is 5.97 Å². The van der Waals surface area contributed by atoms with Crippen molar-refractivity contribution in [3.63, 3.8) is 0 Å². The molecule has 3 rings (SSSR count). The van der Waals surface area contributed by atoms with Gasteiger partial charge in [0.15, 0.2) is 0 Å². The predicted octanol–water partition coefficient (Wildman–Crippen LogP) is 2.99. The van der Waals surface area contributed by atoms with E-state index in [4.69, 9.17) is 0 Å². The van der Waals surface area contributed by atoms with Gasteiger partial charge in [-0.25, -0.2) is 9.29 Å². The molecule has 1 saturated heterocycles. The maximum absolute atomic E-state index is 13.1. The molecular weight excluding hydrogens is 399 g/mol. The van der Waals surface area contributed by atoms with Gasteiger partial charge < -0.3 is 9.64 Å². The number of imide groups is 1. The van der Waals surface area contributed by atoms with Crippen molar-refractivity contribution in [2.75, 3.05) is 23.5 Å². The fourth-order valence-corrected chi connectivity index (χ4v) is 3.78. The maximum Gasteiger partial charge on any atom is 0.325 e. The molecule has 0 saturated carbocycles. The van der Waals surface area contributed by atoms with Crippen LogP contribution in [-0.2, 0) is 19.1 Å². The molecule has 1 fully saturated rings. The van der Waals surface area contributed by atoms with Crippen molar-refractivity contribution in [3.05, 3.63) is 60.4 Å². The third kappa shape index (κ3) is 4.62. The molecule has 9 heteroatoms. The van der Waals surface area contributed by atoms with Gasteiger partial charge in [0.25, 0.3) is 5.24 Å². The number of esters is 1. The lowest BCUT2D eigenvalue weighted by Gasteiger charge is -2.22. The van der Waals surface area contributed by atoms with Gasteiger partial charge in [0.2, 0.25) is 11.8 Å². The van der Waals surface area contributed by atoms with E-state index in [-0.39, 0.29) is 18.7 Å². The Balaban J connectivity index is 1.77. The molecule has 2 aromatic rings. The number of benzene rings is 2. The molecule has 1 atom stereocenters. The number of carbonyl (C=O) groups excluding carboxylic acids is 4. The van der Waals surface area contributed by atoms with Gasteiger partial charge in [0, 0.05) is 12.1 Å². The first-order valence-electron chi connectivity index (χ1n) is 8.63. The number of anilines is 2. The lowest BCUT2D eigenvalue weighted by Crippen LogP contribution is -2.39. The van der Waals surface area contributed by atoms with Crippen LogP contribution in [0.2, 0.25) is 0 Å². The molecule has 2 aromatic carbocycles. The highest BCUT2D eigenvalue weighted by atomic mass is 32.2. The molecule has 0 aliphatic carbocycles. The number of hydrogen-bond donors (Lipinski definition) is 0. The molecule has 29 heavy (non-hydrogen) atoms. The van der Waals surface area contributed by atoms with Gasteiger partial charge in [-0.3, -0.25) is 19.2 Å². The van der Waals surface area contributed by atoms with Crippen LogP contribution in [0.15, 0.2) is 54.6 Å². The van der Waals surface area contributed by atoms with Crippen LogP contribution in [0.5, 0.6) is 0 Å². The summed E-state index contributed by atoms with van der Waals surface area (Å²) in [5.41, 5.74) is 0.707. The number of carbonyl (C=O) groups is 4. The highest BCUT2D eigenvalue weighted by molar-refractivity contribution is 8.15. The molecule has 7 nitrogen and oxygen atoms in total. The van der Waals surface area contributed by atoms with Crippen molar-refractivity contribution < 1.29 is 28.3 Å². The second-order valence-electron chi connectivity index (χ2n) is 6.12. The molecule has 150 valence electrons. The van der Waals surface area contributed by atoms with Gasteiger partial charge in [0.1, 0.15) is 17.6 Å². The fraction of sp³-hybridized carbons (Fsp3) is 0.200. The monoisotopic (exact) mass is 416 g/mol. The summed E-state index contributed by atoms with van der Waals surface area (Å²) in [6.07, 6.45) is -0.279. The van der Waals surface area contributed by atoms with Crippen molar-refractivity contribution in [1.29, 1.82) is 0 Å². The molecule has 0 unspecified atom stereocenters. The average molecular weight is 416 g/mol. The number of nitrogens with zero attached hydrogens (tertiary/aromatic N) is 2. The van der Waals surface area contributed by atoms with Gasteiger partial charge in [-0.2, -0.15) is 0 Å². The van der Waals surface area contributed by atoms with E-state index in [1.165, 1.54) is 24.1 Å². The zero-order chi connectivity index (χ0) is 21.0. The van der Waals surface area contributed by atoms with Gasteiger partial charge in [-0.05, 0) is 48.2 Å². The minimum absolute atomic E-state index is 0.235. The Hall–Kier alpha value is -3.20. The number of halogens is 1. The van der Waals surface area contributed by atoms with E-state index in [9.17, 15) is 23.6 Å². The van der Waals surface area contributed by atoms with E-state index in [2.05, 4.69) is 4.74 Å². The summed E-state index contributed by atoms with van der Waals surface area (Å²) in [6.45, 7) is -0.319. The van der Waals surface area contributed by atoms with Crippen molar-refractivity contribution in [2.45, 2.75) is 11.7 Å². The Morgan fingerprint density at radius 2 is 1.76 bits per heavy atom. The van der Waals surface area contributed by atoms with Gasteiger partial charge in [-0.15, -0.1) is 0 Å². The summed E-state index contributed by atoms with van der Waals surface area (Å²) in [4.78, 5) is 51.7. The molecular formula is C20H17FN2O5S. The van der Waals surface area contributed by atoms with E-state index in [0.29, 0.717) is 5.69 Å². The number of ether oxygens (including phenoxy) is 1. The zero-order valence-corrected chi connectivity index (χ0v) is 16.2. The Morgan fingerprint density at radius 1 is 1.10 bits per heavy atom. The minimum atomic E-state index is -0.941. The summed E-state index contributed by atoms with van der Waals surface area (Å²) < 4.78 is 17.8. The molecule has 1 aliphatic rings. The van der Waals surface area contributed by atoms with E-state index in [0.717, 1.165) is 28.8 Å².